The maximum Gasteiger partial charge on any atom is 0.0582 e. The zero-order valence-corrected chi connectivity index (χ0v) is 7.39. The third-order valence-electron chi connectivity index (χ3n) is 3.42. The Hall–Kier alpha value is -0.0800. The van der Waals surface area contributed by atoms with Crippen molar-refractivity contribution in [2.75, 3.05) is 14.2 Å². The van der Waals surface area contributed by atoms with Gasteiger partial charge in [0.05, 0.1) is 6.10 Å². The largest absolute Gasteiger partial charge is 0.381 e. The SMILES string of the molecule is CNC1CC2(C1)CC(OC)C2. The summed E-state index contributed by atoms with van der Waals surface area (Å²) in [5.41, 5.74) is 0.703. The molecule has 1 N–H and O–H groups in total. The molecule has 2 saturated carbocycles. The first kappa shape index (κ1) is 7.56. The van der Waals surface area contributed by atoms with Gasteiger partial charge in [0.25, 0.3) is 0 Å². The monoisotopic (exact) mass is 155 g/mol. The van der Waals surface area contributed by atoms with E-state index in [4.69, 9.17) is 4.74 Å². The highest BCUT2D eigenvalue weighted by atomic mass is 16.5. The van der Waals surface area contributed by atoms with Gasteiger partial charge in [-0.2, -0.15) is 0 Å². The molecule has 2 heteroatoms. The van der Waals surface area contributed by atoms with Gasteiger partial charge in [-0.05, 0) is 38.1 Å². The Kier molecular flexibility index (Phi) is 1.69. The fourth-order valence-electron chi connectivity index (χ4n) is 2.60. The topological polar surface area (TPSA) is 21.3 Å². The summed E-state index contributed by atoms with van der Waals surface area (Å²) in [5, 5.41) is 3.32. The second kappa shape index (κ2) is 2.46. The summed E-state index contributed by atoms with van der Waals surface area (Å²) in [6.07, 6.45) is 5.95. The van der Waals surface area contributed by atoms with Crippen LogP contribution in [0.25, 0.3) is 0 Å². The number of hydrogen-bond acceptors (Lipinski definition) is 2. The number of nitrogens with one attached hydrogen (secondary N) is 1. The highest BCUT2D eigenvalue weighted by molar-refractivity contribution is 5.05. The molecule has 0 aromatic rings. The lowest BCUT2D eigenvalue weighted by Crippen LogP contribution is -2.56. The molecule has 0 amide bonds. The summed E-state index contributed by atoms with van der Waals surface area (Å²) >= 11 is 0. The molecule has 1 spiro atoms. The third kappa shape index (κ3) is 1.09. The maximum absolute atomic E-state index is 5.27. The summed E-state index contributed by atoms with van der Waals surface area (Å²) in [7, 11) is 3.88. The number of rotatable bonds is 2. The second-order valence-electron chi connectivity index (χ2n) is 4.16. The molecule has 0 aromatic carbocycles. The third-order valence-corrected chi connectivity index (χ3v) is 3.42. The van der Waals surface area contributed by atoms with Crippen LogP contribution in [0.2, 0.25) is 0 Å². The molecule has 2 rings (SSSR count). The lowest BCUT2D eigenvalue weighted by atomic mass is 9.53. The van der Waals surface area contributed by atoms with Gasteiger partial charge in [-0.15, -0.1) is 0 Å². The minimum atomic E-state index is 0.577. The zero-order valence-electron chi connectivity index (χ0n) is 7.39. The molecule has 0 bridgehead atoms. The van der Waals surface area contributed by atoms with E-state index in [1.807, 2.05) is 7.11 Å². The predicted octanol–water partition coefficient (Wildman–Crippen LogP) is 1.16. The zero-order chi connectivity index (χ0) is 7.90. The van der Waals surface area contributed by atoms with Crippen LogP contribution in [0.5, 0.6) is 0 Å². The van der Waals surface area contributed by atoms with Gasteiger partial charge < -0.3 is 10.1 Å². The molecule has 0 radical (unpaired) electrons. The van der Waals surface area contributed by atoms with Crippen molar-refractivity contribution in [3.05, 3.63) is 0 Å². The van der Waals surface area contributed by atoms with Crippen molar-refractivity contribution >= 4 is 0 Å². The Morgan fingerprint density at radius 2 is 1.91 bits per heavy atom. The van der Waals surface area contributed by atoms with Gasteiger partial charge in [0.2, 0.25) is 0 Å². The summed E-state index contributed by atoms with van der Waals surface area (Å²) < 4.78 is 5.27. The Bertz CT molecular complexity index is 124. The smallest absolute Gasteiger partial charge is 0.0582 e. The molecule has 64 valence electrons. The van der Waals surface area contributed by atoms with Gasteiger partial charge in [-0.25, -0.2) is 0 Å². The number of methoxy groups -OCH3 is 1. The van der Waals surface area contributed by atoms with Crippen molar-refractivity contribution in [2.45, 2.75) is 37.8 Å². The van der Waals surface area contributed by atoms with Crippen LogP contribution in [-0.2, 0) is 4.74 Å². The molecule has 2 nitrogen and oxygen atoms in total. The van der Waals surface area contributed by atoms with Gasteiger partial charge in [-0.3, -0.25) is 0 Å². The summed E-state index contributed by atoms with van der Waals surface area (Å²) in [4.78, 5) is 0. The van der Waals surface area contributed by atoms with Gasteiger partial charge >= 0.3 is 0 Å². The van der Waals surface area contributed by atoms with E-state index in [2.05, 4.69) is 12.4 Å². The predicted molar refractivity (Wildman–Crippen MR) is 44.5 cm³/mol. The number of ether oxygens (including phenoxy) is 1. The minimum absolute atomic E-state index is 0.577. The van der Waals surface area contributed by atoms with Crippen LogP contribution in [0, 0.1) is 5.41 Å². The molecule has 2 aliphatic carbocycles. The first-order valence-corrected chi connectivity index (χ1v) is 4.48. The van der Waals surface area contributed by atoms with E-state index in [0.29, 0.717) is 11.5 Å². The fraction of sp³-hybridized carbons (Fsp3) is 1.00. The maximum atomic E-state index is 5.27. The average Bonchev–Trinajstić information content (AvgIpc) is 1.83. The van der Waals surface area contributed by atoms with Crippen molar-refractivity contribution in [3.63, 3.8) is 0 Å². The molecule has 0 unspecified atom stereocenters. The van der Waals surface area contributed by atoms with E-state index < -0.39 is 0 Å². The van der Waals surface area contributed by atoms with E-state index in [1.54, 1.807) is 0 Å². The van der Waals surface area contributed by atoms with Crippen LogP contribution in [-0.4, -0.2) is 26.3 Å². The molecule has 0 heterocycles. The highest BCUT2D eigenvalue weighted by Crippen LogP contribution is 2.56. The lowest BCUT2D eigenvalue weighted by molar-refractivity contribution is -0.113. The van der Waals surface area contributed by atoms with Crippen LogP contribution in [0.3, 0.4) is 0 Å². The van der Waals surface area contributed by atoms with Gasteiger partial charge in [-0.1, -0.05) is 0 Å². The Morgan fingerprint density at radius 1 is 1.27 bits per heavy atom. The molecule has 2 aliphatic rings. The molecule has 0 aliphatic heterocycles. The Labute approximate surface area is 68.3 Å². The fourth-order valence-corrected chi connectivity index (χ4v) is 2.60. The first-order chi connectivity index (χ1) is 5.28. The molecule has 11 heavy (non-hydrogen) atoms. The minimum Gasteiger partial charge on any atom is -0.381 e. The van der Waals surface area contributed by atoms with E-state index in [1.165, 1.54) is 25.7 Å². The summed E-state index contributed by atoms with van der Waals surface area (Å²) in [6.45, 7) is 0. The normalized spacial score (nSPS) is 48.5. The summed E-state index contributed by atoms with van der Waals surface area (Å²) in [6, 6.07) is 0.799. The molecule has 0 saturated heterocycles. The standard InChI is InChI=1S/C9H17NO/c1-10-7-3-9(4-7)5-8(6-9)11-2/h7-8,10H,3-6H2,1-2H3. The quantitative estimate of drug-likeness (QED) is 0.646. The highest BCUT2D eigenvalue weighted by Gasteiger charge is 2.52. The molecule has 0 aromatic heterocycles. The average molecular weight is 155 g/mol. The molecule has 0 atom stereocenters. The van der Waals surface area contributed by atoms with Crippen LogP contribution in [0.4, 0.5) is 0 Å². The van der Waals surface area contributed by atoms with Crippen LogP contribution < -0.4 is 5.32 Å². The van der Waals surface area contributed by atoms with Crippen molar-refractivity contribution in [1.29, 1.82) is 0 Å². The molecular weight excluding hydrogens is 138 g/mol. The van der Waals surface area contributed by atoms with Crippen LogP contribution in [0.1, 0.15) is 25.7 Å². The van der Waals surface area contributed by atoms with Crippen molar-refractivity contribution in [1.82, 2.24) is 5.32 Å². The number of hydrogen-bond donors (Lipinski definition) is 1. The Morgan fingerprint density at radius 3 is 2.36 bits per heavy atom. The first-order valence-electron chi connectivity index (χ1n) is 4.48. The van der Waals surface area contributed by atoms with Gasteiger partial charge in [0.1, 0.15) is 0 Å². The van der Waals surface area contributed by atoms with Gasteiger partial charge in [0, 0.05) is 13.2 Å². The lowest BCUT2D eigenvalue weighted by Gasteiger charge is -2.57. The molecule has 2 fully saturated rings. The van der Waals surface area contributed by atoms with Crippen LogP contribution in [0.15, 0.2) is 0 Å². The summed E-state index contributed by atoms with van der Waals surface area (Å²) in [5.74, 6) is 0. The van der Waals surface area contributed by atoms with E-state index in [0.717, 1.165) is 6.04 Å². The Balaban J connectivity index is 1.75. The van der Waals surface area contributed by atoms with Gasteiger partial charge in [0.15, 0.2) is 0 Å². The van der Waals surface area contributed by atoms with Crippen molar-refractivity contribution in [2.24, 2.45) is 5.41 Å². The molecular formula is C9H17NO. The van der Waals surface area contributed by atoms with E-state index in [9.17, 15) is 0 Å². The van der Waals surface area contributed by atoms with Crippen LogP contribution >= 0.6 is 0 Å². The van der Waals surface area contributed by atoms with E-state index in [-0.39, 0.29) is 0 Å². The van der Waals surface area contributed by atoms with Crippen molar-refractivity contribution < 1.29 is 4.74 Å². The van der Waals surface area contributed by atoms with Crippen molar-refractivity contribution in [3.8, 4) is 0 Å². The van der Waals surface area contributed by atoms with E-state index >= 15 is 0 Å². The second-order valence-corrected chi connectivity index (χ2v) is 4.16.